The molecule has 0 radical (unpaired) electrons. The maximum absolute atomic E-state index is 12.1. The molecule has 0 unspecified atom stereocenters. The van der Waals surface area contributed by atoms with Crippen LogP contribution in [0.25, 0.3) is 0 Å². The van der Waals surface area contributed by atoms with Crippen molar-refractivity contribution < 1.29 is 9.53 Å². The Morgan fingerprint density at radius 2 is 2.25 bits per heavy atom. The van der Waals surface area contributed by atoms with Crippen molar-refractivity contribution >= 4 is 5.91 Å². The standard InChI is InChI=1S/C17H23NO2/c1-2-20-16-10-6-9-15(13-16)17(19)18-12-11-14-7-4-3-5-8-14/h6-7,9-10,13H,2-5,8,11-12H2,1H3,(H,18,19). The lowest BCUT2D eigenvalue weighted by atomic mass is 9.97. The summed E-state index contributed by atoms with van der Waals surface area (Å²) < 4.78 is 5.41. The van der Waals surface area contributed by atoms with Gasteiger partial charge in [-0.3, -0.25) is 4.79 Å². The zero-order chi connectivity index (χ0) is 14.2. The molecule has 1 amide bonds. The van der Waals surface area contributed by atoms with Crippen molar-refractivity contribution in [3.8, 4) is 5.75 Å². The van der Waals surface area contributed by atoms with Crippen LogP contribution in [0.2, 0.25) is 0 Å². The van der Waals surface area contributed by atoms with Gasteiger partial charge in [-0.25, -0.2) is 0 Å². The number of nitrogens with one attached hydrogen (secondary N) is 1. The van der Waals surface area contributed by atoms with Crippen LogP contribution >= 0.6 is 0 Å². The van der Waals surface area contributed by atoms with Gasteiger partial charge in [0.25, 0.3) is 5.91 Å². The van der Waals surface area contributed by atoms with Crippen LogP contribution in [-0.4, -0.2) is 19.1 Å². The van der Waals surface area contributed by atoms with E-state index in [1.165, 1.54) is 31.3 Å². The van der Waals surface area contributed by atoms with Gasteiger partial charge in [0.2, 0.25) is 0 Å². The first kappa shape index (κ1) is 14.6. The van der Waals surface area contributed by atoms with Gasteiger partial charge in [-0.1, -0.05) is 17.7 Å². The summed E-state index contributed by atoms with van der Waals surface area (Å²) in [7, 11) is 0. The fourth-order valence-electron chi connectivity index (χ4n) is 2.46. The molecule has 3 heteroatoms. The third-order valence-electron chi connectivity index (χ3n) is 3.52. The summed E-state index contributed by atoms with van der Waals surface area (Å²) in [6, 6.07) is 7.33. The van der Waals surface area contributed by atoms with Crippen LogP contribution < -0.4 is 10.1 Å². The Labute approximate surface area is 121 Å². The Morgan fingerprint density at radius 1 is 1.35 bits per heavy atom. The van der Waals surface area contributed by atoms with Crippen LogP contribution in [0.15, 0.2) is 35.9 Å². The zero-order valence-electron chi connectivity index (χ0n) is 12.2. The monoisotopic (exact) mass is 273 g/mol. The third kappa shape index (κ3) is 4.41. The number of rotatable bonds is 6. The number of ether oxygens (including phenoxy) is 1. The highest BCUT2D eigenvalue weighted by Gasteiger charge is 2.07. The molecule has 20 heavy (non-hydrogen) atoms. The van der Waals surface area contributed by atoms with Gasteiger partial charge in [0, 0.05) is 12.1 Å². The number of hydrogen-bond acceptors (Lipinski definition) is 2. The highest BCUT2D eigenvalue weighted by atomic mass is 16.5. The van der Waals surface area contributed by atoms with E-state index < -0.39 is 0 Å². The Morgan fingerprint density at radius 3 is 3.00 bits per heavy atom. The summed E-state index contributed by atoms with van der Waals surface area (Å²) in [5, 5.41) is 2.98. The first-order chi connectivity index (χ1) is 9.79. The average Bonchev–Trinajstić information content (AvgIpc) is 2.49. The van der Waals surface area contributed by atoms with Gasteiger partial charge in [-0.2, -0.15) is 0 Å². The maximum Gasteiger partial charge on any atom is 0.251 e. The van der Waals surface area contributed by atoms with E-state index in [1.54, 1.807) is 6.07 Å². The summed E-state index contributed by atoms with van der Waals surface area (Å²) in [6.45, 7) is 3.26. The summed E-state index contributed by atoms with van der Waals surface area (Å²) >= 11 is 0. The van der Waals surface area contributed by atoms with E-state index >= 15 is 0 Å². The molecule has 0 atom stereocenters. The fraction of sp³-hybridized carbons (Fsp3) is 0.471. The van der Waals surface area contributed by atoms with Crippen LogP contribution in [0.3, 0.4) is 0 Å². The lowest BCUT2D eigenvalue weighted by Crippen LogP contribution is -2.24. The second-order valence-corrected chi connectivity index (χ2v) is 5.07. The van der Waals surface area contributed by atoms with Crippen molar-refractivity contribution in [1.82, 2.24) is 5.32 Å². The number of hydrogen-bond donors (Lipinski definition) is 1. The molecule has 0 fully saturated rings. The average molecular weight is 273 g/mol. The largest absolute Gasteiger partial charge is 0.494 e. The lowest BCUT2D eigenvalue weighted by Gasteiger charge is -2.13. The normalized spacial score (nSPS) is 14.6. The van der Waals surface area contributed by atoms with E-state index in [2.05, 4.69) is 11.4 Å². The van der Waals surface area contributed by atoms with Gasteiger partial charge in [-0.05, 0) is 57.2 Å². The number of allylic oxidation sites excluding steroid dienone is 1. The molecule has 0 aromatic heterocycles. The molecule has 108 valence electrons. The number of amides is 1. The van der Waals surface area contributed by atoms with E-state index in [-0.39, 0.29) is 5.91 Å². The minimum absolute atomic E-state index is 0.0250. The minimum Gasteiger partial charge on any atom is -0.494 e. The number of carbonyl (C=O) groups is 1. The van der Waals surface area contributed by atoms with Crippen molar-refractivity contribution in [3.05, 3.63) is 41.5 Å². The smallest absolute Gasteiger partial charge is 0.251 e. The predicted molar refractivity (Wildman–Crippen MR) is 81.1 cm³/mol. The molecule has 3 nitrogen and oxygen atoms in total. The molecule has 1 aliphatic carbocycles. The molecular weight excluding hydrogens is 250 g/mol. The Balaban J connectivity index is 1.82. The van der Waals surface area contributed by atoms with Gasteiger partial charge in [0.1, 0.15) is 5.75 Å². The molecule has 0 bridgehead atoms. The Bertz CT molecular complexity index is 480. The fourth-order valence-corrected chi connectivity index (χ4v) is 2.46. The highest BCUT2D eigenvalue weighted by Crippen LogP contribution is 2.19. The minimum atomic E-state index is -0.0250. The van der Waals surface area contributed by atoms with Crippen LogP contribution in [-0.2, 0) is 0 Å². The Hall–Kier alpha value is -1.77. The van der Waals surface area contributed by atoms with Gasteiger partial charge < -0.3 is 10.1 Å². The quantitative estimate of drug-likeness (QED) is 0.802. The number of benzene rings is 1. The zero-order valence-corrected chi connectivity index (χ0v) is 12.2. The molecule has 1 N–H and O–H groups in total. The SMILES string of the molecule is CCOc1cccc(C(=O)NCCC2=CCCCC2)c1. The van der Waals surface area contributed by atoms with E-state index in [1.807, 2.05) is 25.1 Å². The first-order valence-corrected chi connectivity index (χ1v) is 7.48. The summed E-state index contributed by atoms with van der Waals surface area (Å²) in [4.78, 5) is 12.1. The molecule has 1 aromatic rings. The van der Waals surface area contributed by atoms with Gasteiger partial charge in [-0.15, -0.1) is 0 Å². The van der Waals surface area contributed by atoms with Crippen LogP contribution in [0.5, 0.6) is 5.75 Å². The van der Waals surface area contributed by atoms with Gasteiger partial charge in [0.15, 0.2) is 0 Å². The molecule has 0 spiro atoms. The van der Waals surface area contributed by atoms with Crippen molar-refractivity contribution in [2.45, 2.75) is 39.0 Å². The molecule has 0 saturated heterocycles. The van der Waals surface area contributed by atoms with Crippen molar-refractivity contribution in [2.24, 2.45) is 0 Å². The van der Waals surface area contributed by atoms with Crippen molar-refractivity contribution in [3.63, 3.8) is 0 Å². The van der Waals surface area contributed by atoms with Crippen LogP contribution in [0, 0.1) is 0 Å². The topological polar surface area (TPSA) is 38.3 Å². The highest BCUT2D eigenvalue weighted by molar-refractivity contribution is 5.94. The van der Waals surface area contributed by atoms with Crippen molar-refractivity contribution in [2.75, 3.05) is 13.2 Å². The first-order valence-electron chi connectivity index (χ1n) is 7.48. The summed E-state index contributed by atoms with van der Waals surface area (Å²) in [5.41, 5.74) is 2.15. The lowest BCUT2D eigenvalue weighted by molar-refractivity contribution is 0.0953. The molecule has 0 aliphatic heterocycles. The maximum atomic E-state index is 12.1. The number of carbonyl (C=O) groups excluding carboxylic acids is 1. The summed E-state index contributed by atoms with van der Waals surface area (Å²) in [6.07, 6.45) is 8.27. The molecule has 2 rings (SSSR count). The second kappa shape index (κ2) is 7.73. The molecule has 1 aliphatic rings. The van der Waals surface area contributed by atoms with E-state index in [4.69, 9.17) is 4.74 Å². The van der Waals surface area contributed by atoms with E-state index in [9.17, 15) is 4.79 Å². The Kier molecular flexibility index (Phi) is 5.66. The van der Waals surface area contributed by atoms with Crippen LogP contribution in [0.1, 0.15) is 49.4 Å². The third-order valence-corrected chi connectivity index (χ3v) is 3.52. The predicted octanol–water partition coefficient (Wildman–Crippen LogP) is 3.71. The summed E-state index contributed by atoms with van der Waals surface area (Å²) in [5.74, 6) is 0.720. The van der Waals surface area contributed by atoms with Gasteiger partial charge in [0.05, 0.1) is 6.61 Å². The second-order valence-electron chi connectivity index (χ2n) is 5.07. The van der Waals surface area contributed by atoms with Gasteiger partial charge >= 0.3 is 0 Å². The molecule has 1 aromatic carbocycles. The van der Waals surface area contributed by atoms with E-state index in [0.29, 0.717) is 18.7 Å². The van der Waals surface area contributed by atoms with E-state index in [0.717, 1.165) is 12.2 Å². The molecule has 0 heterocycles. The van der Waals surface area contributed by atoms with Crippen LogP contribution in [0.4, 0.5) is 0 Å². The molecular formula is C17H23NO2. The molecule has 0 saturated carbocycles. The van der Waals surface area contributed by atoms with Crippen molar-refractivity contribution in [1.29, 1.82) is 0 Å².